The van der Waals surface area contributed by atoms with E-state index < -0.39 is 49.2 Å². The van der Waals surface area contributed by atoms with E-state index in [1.165, 1.54) is 0 Å². The number of hydrogen-bond acceptors (Lipinski definition) is 8. The minimum Gasteiger partial charge on any atom is -0.480 e. The summed E-state index contributed by atoms with van der Waals surface area (Å²) in [7, 11) is 0. The summed E-state index contributed by atoms with van der Waals surface area (Å²) in [5.41, 5.74) is 15.8. The standard InChI is InChI=1S/C9H11NO2.2C3H7NO3/c10-8(9(11)12)6-7-4-2-1-3-5-7;2*4-2(1-5)3(6)7/h1-5,8H,6,10H2,(H,11,12);2*2,5H,1,4H2,(H,6,7)/t8-;2*2-/m000/s1. The Morgan fingerprint density at radius 2 is 1.08 bits per heavy atom. The lowest BCUT2D eigenvalue weighted by Crippen LogP contribution is -2.33. The number of nitrogens with two attached hydrogens (primary N) is 3. The van der Waals surface area contributed by atoms with Crippen LogP contribution in [0.3, 0.4) is 0 Å². The van der Waals surface area contributed by atoms with E-state index in [9.17, 15) is 14.4 Å². The lowest BCUT2D eigenvalue weighted by Gasteiger charge is -2.04. The van der Waals surface area contributed by atoms with Crippen LogP contribution in [-0.4, -0.2) is 74.8 Å². The molecule has 0 aromatic heterocycles. The van der Waals surface area contributed by atoms with Gasteiger partial charge in [-0.1, -0.05) is 30.3 Å². The fraction of sp³-hybridized carbons (Fsp3) is 0.400. The van der Waals surface area contributed by atoms with Crippen LogP contribution >= 0.6 is 0 Å². The zero-order valence-electron chi connectivity index (χ0n) is 13.9. The molecule has 0 aliphatic rings. The number of carboxylic acids is 3. The number of hydrogen-bond donors (Lipinski definition) is 8. The highest BCUT2D eigenvalue weighted by atomic mass is 16.4. The molecule has 0 saturated heterocycles. The molecule has 26 heavy (non-hydrogen) atoms. The Labute approximate surface area is 149 Å². The van der Waals surface area contributed by atoms with E-state index in [0.717, 1.165) is 5.56 Å². The molecule has 0 aliphatic carbocycles. The lowest BCUT2D eigenvalue weighted by atomic mass is 10.1. The molecule has 0 heterocycles. The van der Waals surface area contributed by atoms with Crippen LogP contribution in [0, 0.1) is 0 Å². The first kappa shape index (κ1) is 25.7. The van der Waals surface area contributed by atoms with E-state index in [0.29, 0.717) is 6.42 Å². The monoisotopic (exact) mass is 375 g/mol. The van der Waals surface area contributed by atoms with Gasteiger partial charge < -0.3 is 42.7 Å². The number of carboxylic acid groups (broad SMARTS) is 3. The van der Waals surface area contributed by atoms with Gasteiger partial charge in [0.2, 0.25) is 0 Å². The van der Waals surface area contributed by atoms with Crippen molar-refractivity contribution >= 4 is 17.9 Å². The van der Waals surface area contributed by atoms with Crippen LogP contribution in [0.5, 0.6) is 0 Å². The molecule has 0 bridgehead atoms. The number of rotatable bonds is 7. The van der Waals surface area contributed by atoms with E-state index in [2.05, 4.69) is 0 Å². The summed E-state index contributed by atoms with van der Waals surface area (Å²) in [6.45, 7) is -1.01. The Bertz CT molecular complexity index is 521. The van der Waals surface area contributed by atoms with Crippen molar-refractivity contribution in [3.8, 4) is 0 Å². The third-order valence-electron chi connectivity index (χ3n) is 2.64. The van der Waals surface area contributed by atoms with Gasteiger partial charge in [-0.3, -0.25) is 14.4 Å². The zero-order chi connectivity index (χ0) is 20.7. The molecule has 11 heteroatoms. The molecule has 11 nitrogen and oxygen atoms in total. The second kappa shape index (κ2) is 14.7. The third-order valence-corrected chi connectivity index (χ3v) is 2.64. The van der Waals surface area contributed by atoms with Gasteiger partial charge in [0.15, 0.2) is 0 Å². The van der Waals surface area contributed by atoms with Crippen molar-refractivity contribution in [2.75, 3.05) is 13.2 Å². The molecule has 1 rings (SSSR count). The smallest absolute Gasteiger partial charge is 0.322 e. The second-order valence-corrected chi connectivity index (χ2v) is 4.89. The van der Waals surface area contributed by atoms with Crippen LogP contribution in [0.2, 0.25) is 0 Å². The van der Waals surface area contributed by atoms with Crippen LogP contribution in [0.1, 0.15) is 5.56 Å². The number of carbonyl (C=O) groups is 3. The fourth-order valence-corrected chi connectivity index (χ4v) is 1.11. The van der Waals surface area contributed by atoms with Gasteiger partial charge in [0.05, 0.1) is 13.2 Å². The van der Waals surface area contributed by atoms with E-state index in [4.69, 9.17) is 42.7 Å². The van der Waals surface area contributed by atoms with Crippen molar-refractivity contribution in [3.05, 3.63) is 35.9 Å². The van der Waals surface area contributed by atoms with Gasteiger partial charge in [-0.25, -0.2) is 0 Å². The molecule has 11 N–H and O–H groups in total. The maximum Gasteiger partial charge on any atom is 0.322 e. The summed E-state index contributed by atoms with van der Waals surface area (Å²) in [6.07, 6.45) is 0.385. The highest BCUT2D eigenvalue weighted by Crippen LogP contribution is 2.01. The number of benzene rings is 1. The van der Waals surface area contributed by atoms with Crippen molar-refractivity contribution in [2.24, 2.45) is 17.2 Å². The van der Waals surface area contributed by atoms with Crippen LogP contribution in [0.25, 0.3) is 0 Å². The zero-order valence-corrected chi connectivity index (χ0v) is 13.9. The Morgan fingerprint density at radius 3 is 1.31 bits per heavy atom. The quantitative estimate of drug-likeness (QED) is 0.246. The van der Waals surface area contributed by atoms with Crippen molar-refractivity contribution in [1.82, 2.24) is 0 Å². The molecule has 1 aromatic carbocycles. The maximum atomic E-state index is 10.4. The predicted octanol–water partition coefficient (Wildman–Crippen LogP) is -2.58. The number of aliphatic hydroxyl groups excluding tert-OH is 2. The third kappa shape index (κ3) is 13.8. The highest BCUT2D eigenvalue weighted by molar-refractivity contribution is 5.74. The van der Waals surface area contributed by atoms with Crippen LogP contribution in [0.15, 0.2) is 30.3 Å². The molecule has 0 fully saturated rings. The van der Waals surface area contributed by atoms with Gasteiger partial charge in [-0.2, -0.15) is 0 Å². The average Bonchev–Trinajstić information content (AvgIpc) is 2.61. The summed E-state index contributed by atoms with van der Waals surface area (Å²) in [4.78, 5) is 29.7. The minimum atomic E-state index is -1.18. The molecule has 0 radical (unpaired) electrons. The van der Waals surface area contributed by atoms with Gasteiger partial charge in [0.1, 0.15) is 18.1 Å². The molecule has 3 atom stereocenters. The Kier molecular flexibility index (Phi) is 14.6. The minimum absolute atomic E-state index is 0.385. The van der Waals surface area contributed by atoms with Crippen molar-refractivity contribution < 1.29 is 39.9 Å². The topological polar surface area (TPSA) is 230 Å². The molecule has 0 unspecified atom stereocenters. The first-order valence-electron chi connectivity index (χ1n) is 7.27. The van der Waals surface area contributed by atoms with Crippen molar-refractivity contribution in [1.29, 1.82) is 0 Å². The molecule has 0 aliphatic heterocycles. The summed E-state index contributed by atoms with van der Waals surface area (Å²) < 4.78 is 0. The molecule has 0 amide bonds. The summed E-state index contributed by atoms with van der Waals surface area (Å²) in [6, 6.07) is 6.29. The fourth-order valence-electron chi connectivity index (χ4n) is 1.11. The van der Waals surface area contributed by atoms with Gasteiger partial charge in [0.25, 0.3) is 0 Å². The highest BCUT2D eigenvalue weighted by Gasteiger charge is 2.11. The average molecular weight is 375 g/mol. The first-order chi connectivity index (χ1) is 12.1. The van der Waals surface area contributed by atoms with E-state index in [1.54, 1.807) is 0 Å². The molecule has 1 aromatic rings. The Hall–Kier alpha value is -2.57. The van der Waals surface area contributed by atoms with Crippen LogP contribution in [0.4, 0.5) is 0 Å². The van der Waals surface area contributed by atoms with Crippen molar-refractivity contribution in [3.63, 3.8) is 0 Å². The summed E-state index contributed by atoms with van der Waals surface area (Å²) in [5, 5.41) is 40.3. The number of aliphatic carboxylic acids is 3. The molecule has 0 saturated carbocycles. The maximum absolute atomic E-state index is 10.4. The number of aliphatic hydroxyl groups is 2. The van der Waals surface area contributed by atoms with Crippen LogP contribution < -0.4 is 17.2 Å². The van der Waals surface area contributed by atoms with Crippen molar-refractivity contribution in [2.45, 2.75) is 24.5 Å². The first-order valence-corrected chi connectivity index (χ1v) is 7.27. The largest absolute Gasteiger partial charge is 0.480 e. The Balaban J connectivity index is 0. The van der Waals surface area contributed by atoms with E-state index in [1.807, 2.05) is 30.3 Å². The van der Waals surface area contributed by atoms with E-state index in [-0.39, 0.29) is 0 Å². The summed E-state index contributed by atoms with van der Waals surface area (Å²) >= 11 is 0. The molecule has 148 valence electrons. The van der Waals surface area contributed by atoms with Gasteiger partial charge in [-0.05, 0) is 12.0 Å². The van der Waals surface area contributed by atoms with Crippen LogP contribution in [-0.2, 0) is 20.8 Å². The Morgan fingerprint density at radius 1 is 0.731 bits per heavy atom. The SMILES string of the molecule is N[C@@H](CO)C(=O)O.N[C@@H](CO)C(=O)O.N[C@@H](Cc1ccccc1)C(=O)O. The second-order valence-electron chi connectivity index (χ2n) is 4.89. The predicted molar refractivity (Wildman–Crippen MR) is 91.2 cm³/mol. The molecular weight excluding hydrogens is 350 g/mol. The molecular formula is C15H25N3O8. The normalized spacial score (nSPS) is 13.0. The van der Waals surface area contributed by atoms with Gasteiger partial charge in [0, 0.05) is 0 Å². The van der Waals surface area contributed by atoms with Gasteiger partial charge in [-0.15, -0.1) is 0 Å². The summed E-state index contributed by atoms with van der Waals surface area (Å²) in [5.74, 6) is -3.32. The van der Waals surface area contributed by atoms with E-state index >= 15 is 0 Å². The molecule has 0 spiro atoms. The van der Waals surface area contributed by atoms with Gasteiger partial charge >= 0.3 is 17.9 Å². The lowest BCUT2D eigenvalue weighted by molar-refractivity contribution is -0.140.